The maximum Gasteiger partial charge on any atom is 0.235 e. The minimum atomic E-state index is -0.404. The highest BCUT2D eigenvalue weighted by molar-refractivity contribution is 6.12. The maximum absolute atomic E-state index is 13.1. The van der Waals surface area contributed by atoms with E-state index in [9.17, 15) is 9.90 Å². The summed E-state index contributed by atoms with van der Waals surface area (Å²) >= 11 is 0. The van der Waals surface area contributed by atoms with E-state index >= 15 is 0 Å². The van der Waals surface area contributed by atoms with Gasteiger partial charge in [0.2, 0.25) is 5.91 Å². The fourth-order valence-electron chi connectivity index (χ4n) is 5.18. The summed E-state index contributed by atoms with van der Waals surface area (Å²) < 4.78 is 0. The minimum absolute atomic E-state index is 0.167. The van der Waals surface area contributed by atoms with Crippen LogP contribution in [0.3, 0.4) is 0 Å². The first-order valence-electron chi connectivity index (χ1n) is 8.94. The van der Waals surface area contributed by atoms with Crippen LogP contribution in [0.15, 0.2) is 4.99 Å². The molecular formula is C17H27N3O2. The van der Waals surface area contributed by atoms with Crippen LogP contribution in [0, 0.1) is 11.3 Å². The van der Waals surface area contributed by atoms with Crippen LogP contribution >= 0.6 is 0 Å². The summed E-state index contributed by atoms with van der Waals surface area (Å²) in [5, 5.41) is 12.6. The molecule has 3 fully saturated rings. The number of rotatable bonds is 2. The van der Waals surface area contributed by atoms with Gasteiger partial charge in [0.25, 0.3) is 0 Å². The summed E-state index contributed by atoms with van der Waals surface area (Å²) in [6, 6.07) is 0. The van der Waals surface area contributed by atoms with Crippen LogP contribution in [0.1, 0.15) is 51.4 Å². The molecule has 2 N–H and O–H groups in total. The highest BCUT2D eigenvalue weighted by Crippen LogP contribution is 2.47. The summed E-state index contributed by atoms with van der Waals surface area (Å²) in [5.74, 6) is 0.630. The second kappa shape index (κ2) is 5.31. The van der Waals surface area contributed by atoms with Crippen molar-refractivity contribution in [2.24, 2.45) is 16.3 Å². The molecule has 2 aliphatic carbocycles. The zero-order chi connectivity index (χ0) is 15.2. The molecule has 22 heavy (non-hydrogen) atoms. The van der Waals surface area contributed by atoms with Crippen molar-refractivity contribution in [3.63, 3.8) is 0 Å². The molecule has 0 radical (unpaired) electrons. The van der Waals surface area contributed by atoms with Gasteiger partial charge in [-0.25, -0.2) is 0 Å². The predicted octanol–water partition coefficient (Wildman–Crippen LogP) is 1.31. The average molecular weight is 305 g/mol. The van der Waals surface area contributed by atoms with Gasteiger partial charge in [0.1, 0.15) is 5.66 Å². The lowest BCUT2D eigenvalue weighted by atomic mass is 9.62. The number of hydrogen-bond acceptors (Lipinski definition) is 4. The van der Waals surface area contributed by atoms with E-state index < -0.39 is 5.41 Å². The van der Waals surface area contributed by atoms with Gasteiger partial charge in [-0.05, 0) is 38.5 Å². The first-order valence-corrected chi connectivity index (χ1v) is 8.94. The Labute approximate surface area is 132 Å². The molecule has 122 valence electrons. The number of β-amino-alcohol motifs (C(OH)–C–C–N with tert-alkyl or cyclic N) is 1. The number of aliphatic imine (C=N–C) groups is 1. The van der Waals surface area contributed by atoms with Gasteiger partial charge in [-0.15, -0.1) is 0 Å². The normalized spacial score (nSPS) is 37.4. The van der Waals surface area contributed by atoms with Crippen molar-refractivity contribution in [2.45, 2.75) is 57.0 Å². The van der Waals surface area contributed by atoms with E-state index in [1.807, 2.05) is 0 Å². The van der Waals surface area contributed by atoms with E-state index in [1.54, 1.807) is 0 Å². The van der Waals surface area contributed by atoms with Crippen molar-refractivity contribution >= 4 is 11.6 Å². The number of nitrogens with one attached hydrogen (secondary N) is 1. The highest BCUT2D eigenvalue weighted by Gasteiger charge is 2.57. The van der Waals surface area contributed by atoms with Gasteiger partial charge in [-0.1, -0.05) is 12.8 Å². The Morgan fingerprint density at radius 2 is 2.05 bits per heavy atom. The fourth-order valence-corrected chi connectivity index (χ4v) is 5.18. The zero-order valence-corrected chi connectivity index (χ0v) is 13.3. The number of amides is 1. The minimum Gasteiger partial charge on any atom is -0.395 e. The van der Waals surface area contributed by atoms with Gasteiger partial charge in [-0.2, -0.15) is 0 Å². The molecule has 5 nitrogen and oxygen atoms in total. The van der Waals surface area contributed by atoms with Crippen LogP contribution in [-0.2, 0) is 4.79 Å². The number of carbonyl (C=O) groups excluding carboxylic acids is 1. The Morgan fingerprint density at radius 3 is 2.82 bits per heavy atom. The average Bonchev–Trinajstić information content (AvgIpc) is 2.48. The van der Waals surface area contributed by atoms with Crippen LogP contribution < -0.4 is 5.32 Å². The smallest absolute Gasteiger partial charge is 0.235 e. The summed E-state index contributed by atoms with van der Waals surface area (Å²) in [6.07, 6.45) is 8.81. The van der Waals surface area contributed by atoms with Crippen molar-refractivity contribution in [3.05, 3.63) is 0 Å². The van der Waals surface area contributed by atoms with Crippen molar-refractivity contribution in [1.82, 2.24) is 10.2 Å². The standard InChI is InChI=1S/C17H27N3O2/c21-10-9-20-11-13-5-4-6-16(12-20)14(13)18-17(19-15(16)22)7-2-1-3-8-17/h13,21H,1-12H2,(H,19,22)/t13-,16-/m0/s1. The lowest BCUT2D eigenvalue weighted by Gasteiger charge is -2.54. The lowest BCUT2D eigenvalue weighted by Crippen LogP contribution is -2.69. The lowest BCUT2D eigenvalue weighted by molar-refractivity contribution is -0.134. The molecule has 4 rings (SSSR count). The van der Waals surface area contributed by atoms with Crippen LogP contribution in [0.2, 0.25) is 0 Å². The second-order valence-electron chi connectivity index (χ2n) is 7.67. The van der Waals surface area contributed by atoms with Gasteiger partial charge >= 0.3 is 0 Å². The molecule has 1 amide bonds. The fraction of sp³-hybridized carbons (Fsp3) is 0.882. The molecule has 1 spiro atoms. The molecule has 2 heterocycles. The molecule has 1 saturated heterocycles. The number of nitrogens with zero attached hydrogens (tertiary/aromatic N) is 2. The molecular weight excluding hydrogens is 278 g/mol. The highest BCUT2D eigenvalue weighted by atomic mass is 16.3. The molecule has 2 aliphatic heterocycles. The third-order valence-electron chi connectivity index (χ3n) is 6.22. The Hall–Kier alpha value is -0.940. The van der Waals surface area contributed by atoms with E-state index in [0.717, 1.165) is 45.2 Å². The molecule has 2 atom stereocenters. The number of likely N-dealkylation sites (tertiary alicyclic amines) is 1. The number of piperidine rings is 1. The number of carbonyl (C=O) groups is 1. The third-order valence-corrected chi connectivity index (χ3v) is 6.22. The number of aliphatic hydroxyl groups excluding tert-OH is 1. The maximum atomic E-state index is 13.1. The summed E-state index contributed by atoms with van der Waals surface area (Å²) in [5.41, 5.74) is 0.515. The second-order valence-corrected chi connectivity index (χ2v) is 7.67. The van der Waals surface area contributed by atoms with Crippen LogP contribution in [0.4, 0.5) is 0 Å². The SMILES string of the molecule is O=C1NC2(CCCCC2)N=C2[C@H]3CCC[C@@]12CN(CCO)C3. The summed E-state index contributed by atoms with van der Waals surface area (Å²) in [7, 11) is 0. The topological polar surface area (TPSA) is 64.9 Å². The van der Waals surface area contributed by atoms with Gasteiger partial charge in [0, 0.05) is 31.3 Å². The van der Waals surface area contributed by atoms with Gasteiger partial charge < -0.3 is 10.4 Å². The van der Waals surface area contributed by atoms with Crippen molar-refractivity contribution in [1.29, 1.82) is 0 Å². The summed E-state index contributed by atoms with van der Waals surface area (Å²) in [6.45, 7) is 2.54. The molecule has 5 heteroatoms. The Balaban J connectivity index is 1.71. The zero-order valence-electron chi connectivity index (χ0n) is 13.3. The third kappa shape index (κ3) is 2.13. The molecule has 4 aliphatic rings. The first kappa shape index (κ1) is 14.6. The largest absolute Gasteiger partial charge is 0.395 e. The molecule has 2 saturated carbocycles. The van der Waals surface area contributed by atoms with Crippen molar-refractivity contribution in [2.75, 3.05) is 26.2 Å². The van der Waals surface area contributed by atoms with Gasteiger partial charge in [-0.3, -0.25) is 14.7 Å². The molecule has 0 aromatic carbocycles. The van der Waals surface area contributed by atoms with E-state index in [-0.39, 0.29) is 18.2 Å². The predicted molar refractivity (Wildman–Crippen MR) is 84.7 cm³/mol. The first-order chi connectivity index (χ1) is 10.7. The van der Waals surface area contributed by atoms with Gasteiger partial charge in [0.05, 0.1) is 12.0 Å². The van der Waals surface area contributed by atoms with Gasteiger partial charge in [0.15, 0.2) is 0 Å². The molecule has 0 aromatic heterocycles. The Bertz CT molecular complexity index is 498. The summed E-state index contributed by atoms with van der Waals surface area (Å²) in [4.78, 5) is 20.6. The quantitative estimate of drug-likeness (QED) is 0.808. The molecule has 0 unspecified atom stereocenters. The van der Waals surface area contributed by atoms with Crippen molar-refractivity contribution in [3.8, 4) is 0 Å². The van der Waals surface area contributed by atoms with Crippen LogP contribution in [0.5, 0.6) is 0 Å². The van der Waals surface area contributed by atoms with E-state index in [4.69, 9.17) is 4.99 Å². The van der Waals surface area contributed by atoms with Crippen molar-refractivity contribution < 1.29 is 9.90 Å². The van der Waals surface area contributed by atoms with E-state index in [2.05, 4.69) is 10.2 Å². The Morgan fingerprint density at radius 1 is 1.23 bits per heavy atom. The van der Waals surface area contributed by atoms with E-state index in [1.165, 1.54) is 25.0 Å². The van der Waals surface area contributed by atoms with Crippen LogP contribution in [-0.4, -0.2) is 53.5 Å². The molecule has 0 aromatic rings. The Kier molecular flexibility index (Phi) is 3.53. The van der Waals surface area contributed by atoms with Crippen LogP contribution in [0.25, 0.3) is 0 Å². The monoisotopic (exact) mass is 305 g/mol. The molecule has 2 bridgehead atoms. The number of hydrogen-bond donors (Lipinski definition) is 2. The number of aliphatic hydroxyl groups is 1. The van der Waals surface area contributed by atoms with E-state index in [0.29, 0.717) is 12.5 Å².